The zero-order valence-corrected chi connectivity index (χ0v) is 10.0. The molecule has 0 bridgehead atoms. The summed E-state index contributed by atoms with van der Waals surface area (Å²) < 4.78 is 1.70. The Balaban J connectivity index is 2.08. The summed E-state index contributed by atoms with van der Waals surface area (Å²) in [6.07, 6.45) is 3.36. The van der Waals surface area contributed by atoms with Crippen LogP contribution in [0.2, 0.25) is 5.28 Å². The minimum absolute atomic E-state index is 0.114. The molecule has 0 aliphatic heterocycles. The Labute approximate surface area is 107 Å². The van der Waals surface area contributed by atoms with Crippen molar-refractivity contribution < 1.29 is 0 Å². The number of hydrogen-bond acceptors (Lipinski definition) is 5. The van der Waals surface area contributed by atoms with Crippen molar-refractivity contribution in [3.05, 3.63) is 41.6 Å². The van der Waals surface area contributed by atoms with Gasteiger partial charge in [0.05, 0.1) is 23.8 Å². The van der Waals surface area contributed by atoms with E-state index in [1.165, 1.54) is 0 Å². The van der Waals surface area contributed by atoms with E-state index in [1.807, 2.05) is 18.2 Å². The van der Waals surface area contributed by atoms with Crippen molar-refractivity contribution >= 4 is 28.5 Å². The maximum Gasteiger partial charge on any atom is 0.226 e. The van der Waals surface area contributed by atoms with Gasteiger partial charge >= 0.3 is 0 Å². The second kappa shape index (κ2) is 4.23. The van der Waals surface area contributed by atoms with Gasteiger partial charge in [0, 0.05) is 6.20 Å². The standard InChI is InChI=1S/C11H9ClN6/c12-11-16-9(13)8-5-15-18(10(8)17-11)6-7-3-1-2-4-14-7/h1-5H,6H2,(H2,13,16,17). The summed E-state index contributed by atoms with van der Waals surface area (Å²) in [6.45, 7) is 0.511. The highest BCUT2D eigenvalue weighted by molar-refractivity contribution is 6.28. The lowest BCUT2D eigenvalue weighted by molar-refractivity contribution is 0.689. The third kappa shape index (κ3) is 1.86. The van der Waals surface area contributed by atoms with E-state index in [0.29, 0.717) is 23.4 Å². The summed E-state index contributed by atoms with van der Waals surface area (Å²) in [5.41, 5.74) is 7.25. The van der Waals surface area contributed by atoms with Crippen LogP contribution in [0.5, 0.6) is 0 Å². The van der Waals surface area contributed by atoms with Crippen molar-refractivity contribution in [3.63, 3.8) is 0 Å². The molecular weight excluding hydrogens is 252 g/mol. The molecule has 0 aliphatic carbocycles. The van der Waals surface area contributed by atoms with Gasteiger partial charge in [0.1, 0.15) is 5.82 Å². The maximum absolute atomic E-state index is 5.80. The van der Waals surface area contributed by atoms with Crippen LogP contribution in [0.3, 0.4) is 0 Å². The van der Waals surface area contributed by atoms with Crippen molar-refractivity contribution in [2.24, 2.45) is 0 Å². The van der Waals surface area contributed by atoms with Gasteiger partial charge in [-0.2, -0.15) is 10.1 Å². The average molecular weight is 261 g/mol. The zero-order chi connectivity index (χ0) is 12.5. The number of nitrogen functional groups attached to an aromatic ring is 1. The molecule has 0 radical (unpaired) electrons. The molecule has 0 saturated carbocycles. The van der Waals surface area contributed by atoms with Gasteiger partial charge in [0.15, 0.2) is 5.65 Å². The molecule has 0 amide bonds. The number of anilines is 1. The Hall–Kier alpha value is -2.21. The number of nitrogens with two attached hydrogens (primary N) is 1. The number of aromatic nitrogens is 5. The lowest BCUT2D eigenvalue weighted by Gasteiger charge is -2.02. The molecule has 6 nitrogen and oxygen atoms in total. The van der Waals surface area contributed by atoms with E-state index >= 15 is 0 Å². The fourth-order valence-electron chi connectivity index (χ4n) is 1.71. The first-order chi connectivity index (χ1) is 8.74. The molecule has 0 aliphatic rings. The highest BCUT2D eigenvalue weighted by Gasteiger charge is 2.10. The van der Waals surface area contributed by atoms with Gasteiger partial charge in [-0.15, -0.1) is 0 Å². The predicted molar refractivity (Wildman–Crippen MR) is 68.1 cm³/mol. The van der Waals surface area contributed by atoms with Gasteiger partial charge in [-0.1, -0.05) is 6.07 Å². The van der Waals surface area contributed by atoms with E-state index in [2.05, 4.69) is 20.1 Å². The van der Waals surface area contributed by atoms with Crippen LogP contribution in [0, 0.1) is 0 Å². The Kier molecular flexibility index (Phi) is 2.56. The van der Waals surface area contributed by atoms with Crippen LogP contribution in [0.1, 0.15) is 5.69 Å². The van der Waals surface area contributed by atoms with Crippen LogP contribution in [0.25, 0.3) is 11.0 Å². The molecule has 18 heavy (non-hydrogen) atoms. The third-order valence-electron chi connectivity index (χ3n) is 2.54. The van der Waals surface area contributed by atoms with Crippen molar-refractivity contribution in [1.29, 1.82) is 0 Å². The molecule has 3 rings (SSSR count). The highest BCUT2D eigenvalue weighted by atomic mass is 35.5. The van der Waals surface area contributed by atoms with Crippen LogP contribution >= 0.6 is 11.6 Å². The first kappa shape index (κ1) is 10.9. The topological polar surface area (TPSA) is 82.5 Å². The number of fused-ring (bicyclic) bond motifs is 1. The number of hydrogen-bond donors (Lipinski definition) is 1. The molecule has 0 atom stereocenters. The molecule has 0 saturated heterocycles. The van der Waals surface area contributed by atoms with E-state index < -0.39 is 0 Å². The summed E-state index contributed by atoms with van der Waals surface area (Å²) in [7, 11) is 0. The molecule has 3 heterocycles. The minimum atomic E-state index is 0.114. The summed E-state index contributed by atoms with van der Waals surface area (Å²) >= 11 is 5.80. The van der Waals surface area contributed by atoms with E-state index in [0.717, 1.165) is 5.69 Å². The number of rotatable bonds is 2. The molecule has 90 valence electrons. The van der Waals surface area contributed by atoms with Gasteiger partial charge in [-0.05, 0) is 23.7 Å². The van der Waals surface area contributed by atoms with E-state index in [4.69, 9.17) is 17.3 Å². The van der Waals surface area contributed by atoms with Gasteiger partial charge in [-0.25, -0.2) is 9.67 Å². The first-order valence-corrected chi connectivity index (χ1v) is 5.66. The molecule has 7 heteroatoms. The van der Waals surface area contributed by atoms with Crippen LogP contribution in [0.15, 0.2) is 30.6 Å². The Morgan fingerprint density at radius 3 is 2.94 bits per heavy atom. The monoisotopic (exact) mass is 260 g/mol. The summed E-state index contributed by atoms with van der Waals surface area (Å²) in [6, 6.07) is 5.70. The van der Waals surface area contributed by atoms with E-state index in [9.17, 15) is 0 Å². The number of nitrogens with zero attached hydrogens (tertiary/aromatic N) is 5. The second-order valence-corrected chi connectivity index (χ2v) is 4.08. The lowest BCUT2D eigenvalue weighted by Crippen LogP contribution is -2.05. The van der Waals surface area contributed by atoms with Crippen LogP contribution < -0.4 is 5.73 Å². The lowest BCUT2D eigenvalue weighted by atomic mass is 10.3. The largest absolute Gasteiger partial charge is 0.383 e. The Morgan fingerprint density at radius 1 is 1.28 bits per heavy atom. The predicted octanol–water partition coefficient (Wildman–Crippen LogP) is 1.51. The fourth-order valence-corrected chi connectivity index (χ4v) is 1.88. The second-order valence-electron chi connectivity index (χ2n) is 3.74. The summed E-state index contributed by atoms with van der Waals surface area (Å²) in [4.78, 5) is 12.3. The van der Waals surface area contributed by atoms with E-state index in [-0.39, 0.29) is 5.28 Å². The van der Waals surface area contributed by atoms with E-state index in [1.54, 1.807) is 17.1 Å². The highest BCUT2D eigenvalue weighted by Crippen LogP contribution is 2.19. The fraction of sp³-hybridized carbons (Fsp3) is 0.0909. The van der Waals surface area contributed by atoms with Gasteiger partial charge in [0.25, 0.3) is 0 Å². The van der Waals surface area contributed by atoms with Crippen LogP contribution in [-0.2, 0) is 6.54 Å². The van der Waals surface area contributed by atoms with Crippen molar-refractivity contribution in [1.82, 2.24) is 24.7 Å². The van der Waals surface area contributed by atoms with Gasteiger partial charge in [0.2, 0.25) is 5.28 Å². The van der Waals surface area contributed by atoms with Gasteiger partial charge < -0.3 is 5.73 Å². The molecule has 0 aromatic carbocycles. The molecule has 3 aromatic rings. The number of pyridine rings is 1. The molecule has 0 spiro atoms. The summed E-state index contributed by atoms with van der Waals surface area (Å²) in [5, 5.41) is 5.03. The first-order valence-electron chi connectivity index (χ1n) is 5.28. The van der Waals surface area contributed by atoms with Crippen LogP contribution in [0.4, 0.5) is 5.82 Å². The Morgan fingerprint density at radius 2 is 2.17 bits per heavy atom. The summed E-state index contributed by atoms with van der Waals surface area (Å²) in [5.74, 6) is 0.331. The van der Waals surface area contributed by atoms with Crippen molar-refractivity contribution in [3.8, 4) is 0 Å². The van der Waals surface area contributed by atoms with Gasteiger partial charge in [-0.3, -0.25) is 4.98 Å². The quantitative estimate of drug-likeness (QED) is 0.706. The Bertz CT molecular complexity index is 693. The molecule has 3 aromatic heterocycles. The maximum atomic E-state index is 5.80. The molecular formula is C11H9ClN6. The molecule has 0 unspecified atom stereocenters. The van der Waals surface area contributed by atoms with Crippen molar-refractivity contribution in [2.45, 2.75) is 6.54 Å². The molecule has 2 N–H and O–H groups in total. The average Bonchev–Trinajstić information content (AvgIpc) is 2.74. The SMILES string of the molecule is Nc1nc(Cl)nc2c1cnn2Cc1ccccn1. The van der Waals surface area contributed by atoms with Crippen molar-refractivity contribution in [2.75, 3.05) is 5.73 Å². The molecule has 0 fully saturated rings. The number of halogens is 1. The normalized spacial score (nSPS) is 10.9. The minimum Gasteiger partial charge on any atom is -0.383 e. The third-order valence-corrected chi connectivity index (χ3v) is 2.71. The smallest absolute Gasteiger partial charge is 0.226 e. The zero-order valence-electron chi connectivity index (χ0n) is 9.29. The van der Waals surface area contributed by atoms with Crippen LogP contribution in [-0.4, -0.2) is 24.7 Å².